The predicted molar refractivity (Wildman–Crippen MR) is 66.8 cm³/mol. The molecule has 0 aliphatic heterocycles. The highest BCUT2D eigenvalue weighted by Gasteiger charge is 2.25. The number of carbonyl (C=O) groups is 1. The van der Waals surface area contributed by atoms with Crippen molar-refractivity contribution in [2.75, 3.05) is 0 Å². The lowest BCUT2D eigenvalue weighted by Crippen LogP contribution is -2.19. The summed E-state index contributed by atoms with van der Waals surface area (Å²) < 4.78 is 0. The SMILES string of the molecule is CC(=O)C1CCC(c2ccccc2Cl)CC1. The predicted octanol–water partition coefficient (Wildman–Crippen LogP) is 4.20. The number of carbonyl (C=O) groups excluding carboxylic acids is 1. The molecule has 1 aromatic rings. The van der Waals surface area contributed by atoms with Gasteiger partial charge in [-0.3, -0.25) is 4.79 Å². The first kappa shape index (κ1) is 11.7. The number of rotatable bonds is 2. The normalized spacial score (nSPS) is 25.4. The van der Waals surface area contributed by atoms with Crippen LogP contribution in [0.25, 0.3) is 0 Å². The van der Waals surface area contributed by atoms with E-state index in [2.05, 4.69) is 6.07 Å². The van der Waals surface area contributed by atoms with Crippen molar-refractivity contribution in [1.29, 1.82) is 0 Å². The van der Waals surface area contributed by atoms with E-state index in [1.807, 2.05) is 18.2 Å². The van der Waals surface area contributed by atoms with Crippen LogP contribution < -0.4 is 0 Å². The van der Waals surface area contributed by atoms with Gasteiger partial charge in [0.2, 0.25) is 0 Å². The van der Waals surface area contributed by atoms with Gasteiger partial charge in [-0.1, -0.05) is 29.8 Å². The van der Waals surface area contributed by atoms with Crippen molar-refractivity contribution in [2.45, 2.75) is 38.5 Å². The molecule has 0 unspecified atom stereocenters. The van der Waals surface area contributed by atoms with Crippen LogP contribution >= 0.6 is 11.6 Å². The first-order valence-corrected chi connectivity index (χ1v) is 6.31. The highest BCUT2D eigenvalue weighted by atomic mass is 35.5. The fourth-order valence-electron chi connectivity index (χ4n) is 2.62. The van der Waals surface area contributed by atoms with Gasteiger partial charge in [0.1, 0.15) is 5.78 Å². The third-order valence-electron chi connectivity index (χ3n) is 3.65. The number of ketones is 1. The molecule has 1 aromatic carbocycles. The zero-order chi connectivity index (χ0) is 11.5. The average Bonchev–Trinajstić information content (AvgIpc) is 2.30. The second kappa shape index (κ2) is 5.01. The zero-order valence-electron chi connectivity index (χ0n) is 9.58. The van der Waals surface area contributed by atoms with Crippen LogP contribution in [0.1, 0.15) is 44.1 Å². The van der Waals surface area contributed by atoms with Gasteiger partial charge in [0.15, 0.2) is 0 Å². The summed E-state index contributed by atoms with van der Waals surface area (Å²) in [6.07, 6.45) is 4.22. The third-order valence-corrected chi connectivity index (χ3v) is 3.99. The van der Waals surface area contributed by atoms with E-state index in [4.69, 9.17) is 11.6 Å². The Balaban J connectivity index is 2.05. The first-order chi connectivity index (χ1) is 7.68. The number of hydrogen-bond donors (Lipinski definition) is 0. The maximum Gasteiger partial charge on any atom is 0.132 e. The van der Waals surface area contributed by atoms with Crippen LogP contribution in [0, 0.1) is 5.92 Å². The largest absolute Gasteiger partial charge is 0.300 e. The molecule has 0 atom stereocenters. The molecule has 1 fully saturated rings. The van der Waals surface area contributed by atoms with Gasteiger partial charge in [0.05, 0.1) is 0 Å². The lowest BCUT2D eigenvalue weighted by molar-refractivity contribution is -0.121. The summed E-state index contributed by atoms with van der Waals surface area (Å²) in [5.41, 5.74) is 1.26. The summed E-state index contributed by atoms with van der Waals surface area (Å²) in [5, 5.41) is 0.869. The van der Waals surface area contributed by atoms with Gasteiger partial charge in [-0.2, -0.15) is 0 Å². The molecular weight excluding hydrogens is 220 g/mol. The molecule has 16 heavy (non-hydrogen) atoms. The van der Waals surface area contributed by atoms with Crippen molar-refractivity contribution in [3.63, 3.8) is 0 Å². The van der Waals surface area contributed by atoms with Crippen LogP contribution in [0.5, 0.6) is 0 Å². The van der Waals surface area contributed by atoms with E-state index in [9.17, 15) is 4.79 Å². The minimum absolute atomic E-state index is 0.290. The highest BCUT2D eigenvalue weighted by Crippen LogP contribution is 2.38. The maximum absolute atomic E-state index is 11.3. The molecule has 2 heteroatoms. The van der Waals surface area contributed by atoms with E-state index >= 15 is 0 Å². The summed E-state index contributed by atoms with van der Waals surface area (Å²) >= 11 is 6.19. The Morgan fingerprint density at radius 3 is 2.38 bits per heavy atom. The van der Waals surface area contributed by atoms with E-state index in [1.54, 1.807) is 6.92 Å². The summed E-state index contributed by atoms with van der Waals surface area (Å²) in [4.78, 5) is 11.3. The quantitative estimate of drug-likeness (QED) is 0.752. The molecule has 86 valence electrons. The summed E-state index contributed by atoms with van der Waals surface area (Å²) in [7, 11) is 0. The standard InChI is InChI=1S/C14H17ClO/c1-10(16)11-6-8-12(9-7-11)13-4-2-3-5-14(13)15/h2-5,11-12H,6-9H2,1H3. The Kier molecular flexibility index (Phi) is 3.65. The van der Waals surface area contributed by atoms with Crippen LogP contribution in [0.3, 0.4) is 0 Å². The number of benzene rings is 1. The van der Waals surface area contributed by atoms with E-state index in [0.29, 0.717) is 17.6 Å². The summed E-state index contributed by atoms with van der Waals surface area (Å²) in [6, 6.07) is 8.07. The highest BCUT2D eigenvalue weighted by molar-refractivity contribution is 6.31. The van der Waals surface area contributed by atoms with Crippen LogP contribution in [0.4, 0.5) is 0 Å². The lowest BCUT2D eigenvalue weighted by Gasteiger charge is -2.27. The molecule has 0 aromatic heterocycles. The zero-order valence-corrected chi connectivity index (χ0v) is 10.3. The van der Waals surface area contributed by atoms with Crippen LogP contribution in [0.15, 0.2) is 24.3 Å². The molecule has 1 aliphatic carbocycles. The molecule has 0 amide bonds. The van der Waals surface area contributed by atoms with Crippen LogP contribution in [0.2, 0.25) is 5.02 Å². The van der Waals surface area contributed by atoms with Crippen molar-refractivity contribution in [1.82, 2.24) is 0 Å². The van der Waals surface area contributed by atoms with E-state index in [-0.39, 0.29) is 0 Å². The van der Waals surface area contributed by atoms with Gasteiger partial charge in [0.25, 0.3) is 0 Å². The molecule has 0 N–H and O–H groups in total. The smallest absolute Gasteiger partial charge is 0.132 e. The van der Waals surface area contributed by atoms with Crippen molar-refractivity contribution in [3.8, 4) is 0 Å². The monoisotopic (exact) mass is 236 g/mol. The number of Topliss-reactive ketones (excluding diaryl/α,β-unsaturated/α-hetero) is 1. The molecule has 0 saturated heterocycles. The van der Waals surface area contributed by atoms with Crippen molar-refractivity contribution < 1.29 is 4.79 Å². The fraction of sp³-hybridized carbons (Fsp3) is 0.500. The molecule has 1 nitrogen and oxygen atoms in total. The molecule has 0 radical (unpaired) electrons. The molecule has 0 bridgehead atoms. The molecule has 0 heterocycles. The lowest BCUT2D eigenvalue weighted by atomic mass is 9.77. The van der Waals surface area contributed by atoms with Gasteiger partial charge >= 0.3 is 0 Å². The van der Waals surface area contributed by atoms with Crippen molar-refractivity contribution in [2.24, 2.45) is 5.92 Å². The van der Waals surface area contributed by atoms with E-state index in [0.717, 1.165) is 30.7 Å². The van der Waals surface area contributed by atoms with Crippen molar-refractivity contribution in [3.05, 3.63) is 34.9 Å². The number of hydrogen-bond acceptors (Lipinski definition) is 1. The molecule has 2 rings (SSSR count). The summed E-state index contributed by atoms with van der Waals surface area (Å²) in [6.45, 7) is 1.71. The first-order valence-electron chi connectivity index (χ1n) is 5.93. The van der Waals surface area contributed by atoms with Gasteiger partial charge in [-0.15, -0.1) is 0 Å². The van der Waals surface area contributed by atoms with Gasteiger partial charge in [-0.25, -0.2) is 0 Å². The minimum atomic E-state index is 0.290. The Labute approximate surface area is 102 Å². The van der Waals surface area contributed by atoms with E-state index in [1.165, 1.54) is 5.56 Å². The third kappa shape index (κ3) is 2.46. The second-order valence-electron chi connectivity index (χ2n) is 4.68. The van der Waals surface area contributed by atoms with Gasteiger partial charge in [-0.05, 0) is 50.2 Å². The topological polar surface area (TPSA) is 17.1 Å². The van der Waals surface area contributed by atoms with Gasteiger partial charge < -0.3 is 0 Å². The minimum Gasteiger partial charge on any atom is -0.300 e. The summed E-state index contributed by atoms with van der Waals surface area (Å²) in [5.74, 6) is 1.18. The second-order valence-corrected chi connectivity index (χ2v) is 5.09. The van der Waals surface area contributed by atoms with Gasteiger partial charge in [0, 0.05) is 10.9 Å². The maximum atomic E-state index is 11.3. The average molecular weight is 237 g/mol. The molecular formula is C14H17ClO. The Hall–Kier alpha value is -0.820. The molecule has 0 spiro atoms. The van der Waals surface area contributed by atoms with Crippen molar-refractivity contribution >= 4 is 17.4 Å². The Bertz CT molecular complexity index is 378. The molecule has 1 aliphatic rings. The molecule has 1 saturated carbocycles. The number of halogens is 1. The van der Waals surface area contributed by atoms with E-state index < -0.39 is 0 Å². The Morgan fingerprint density at radius 2 is 1.81 bits per heavy atom. The fourth-order valence-corrected chi connectivity index (χ4v) is 2.91. The van der Waals surface area contributed by atoms with Crippen LogP contribution in [-0.2, 0) is 4.79 Å². The van der Waals surface area contributed by atoms with Crippen LogP contribution in [-0.4, -0.2) is 5.78 Å². The Morgan fingerprint density at radius 1 is 1.19 bits per heavy atom.